The number of rotatable bonds is 4. The van der Waals surface area contributed by atoms with Crippen LogP contribution >= 0.6 is 0 Å². The van der Waals surface area contributed by atoms with Crippen LogP contribution in [0, 0.1) is 5.41 Å². The van der Waals surface area contributed by atoms with E-state index in [9.17, 15) is 4.79 Å². The zero-order valence-corrected chi connectivity index (χ0v) is 13.2. The zero-order valence-electron chi connectivity index (χ0n) is 13.2. The van der Waals surface area contributed by atoms with E-state index in [1.54, 1.807) is 18.3 Å². The third-order valence-corrected chi connectivity index (χ3v) is 4.79. The Morgan fingerprint density at radius 3 is 2.82 bits per heavy atom. The van der Waals surface area contributed by atoms with Crippen molar-refractivity contribution in [1.29, 1.82) is 0 Å². The Bertz CT molecular complexity index is 533. The molecule has 0 aliphatic carbocycles. The highest BCUT2D eigenvalue weighted by molar-refractivity contribution is 5.97. The van der Waals surface area contributed by atoms with E-state index in [1.165, 1.54) is 6.42 Å². The highest BCUT2D eigenvalue weighted by atomic mass is 16.1. The molecule has 0 bridgehead atoms. The summed E-state index contributed by atoms with van der Waals surface area (Å²) in [7, 11) is 0. The van der Waals surface area contributed by atoms with Gasteiger partial charge in [-0.3, -0.25) is 9.69 Å². The summed E-state index contributed by atoms with van der Waals surface area (Å²) >= 11 is 0. The Morgan fingerprint density at radius 2 is 2.18 bits per heavy atom. The van der Waals surface area contributed by atoms with Gasteiger partial charge >= 0.3 is 0 Å². The van der Waals surface area contributed by atoms with Crippen LogP contribution in [0.15, 0.2) is 18.3 Å². The zero-order chi connectivity index (χ0) is 15.6. The van der Waals surface area contributed by atoms with Crippen LogP contribution in [0.2, 0.25) is 0 Å². The molecule has 1 unspecified atom stereocenters. The molecular weight excluding hydrogens is 278 g/mol. The topological polar surface area (TPSA) is 74.5 Å². The minimum absolute atomic E-state index is 0.394. The molecule has 3 heterocycles. The molecule has 3 rings (SSSR count). The standard InChI is InChI=1S/C16H25N5O/c1-16(4-6-18-11-16)12-20-7-9-21(10-8-20)15-13(14(17)22)3-2-5-19-15/h2-3,5,18H,4,6-12H2,1H3,(H2,17,22). The second-order valence-electron chi connectivity index (χ2n) is 6.74. The minimum Gasteiger partial charge on any atom is -0.365 e. The summed E-state index contributed by atoms with van der Waals surface area (Å²) in [5, 5.41) is 3.46. The quantitative estimate of drug-likeness (QED) is 0.837. The Kier molecular flexibility index (Phi) is 4.31. The molecule has 1 aromatic heterocycles. The van der Waals surface area contributed by atoms with E-state index in [-0.39, 0.29) is 0 Å². The summed E-state index contributed by atoms with van der Waals surface area (Å²) in [5.41, 5.74) is 6.36. The maximum absolute atomic E-state index is 11.5. The van der Waals surface area contributed by atoms with Crippen LogP contribution < -0.4 is 16.0 Å². The van der Waals surface area contributed by atoms with E-state index in [1.807, 2.05) is 0 Å². The van der Waals surface area contributed by atoms with E-state index in [0.29, 0.717) is 11.0 Å². The molecule has 0 aromatic carbocycles. The first-order chi connectivity index (χ1) is 10.6. The van der Waals surface area contributed by atoms with Gasteiger partial charge in [0.05, 0.1) is 5.56 Å². The summed E-state index contributed by atoms with van der Waals surface area (Å²) in [6.45, 7) is 9.53. The second kappa shape index (κ2) is 6.22. The van der Waals surface area contributed by atoms with Gasteiger partial charge in [-0.05, 0) is 30.5 Å². The van der Waals surface area contributed by atoms with E-state index >= 15 is 0 Å². The van der Waals surface area contributed by atoms with Crippen LogP contribution in [-0.4, -0.2) is 61.6 Å². The monoisotopic (exact) mass is 303 g/mol. The van der Waals surface area contributed by atoms with Gasteiger partial charge in [0.25, 0.3) is 5.91 Å². The third kappa shape index (κ3) is 3.23. The molecule has 1 atom stereocenters. The average Bonchev–Trinajstić information content (AvgIpc) is 2.94. The van der Waals surface area contributed by atoms with Crippen LogP contribution in [0.25, 0.3) is 0 Å². The van der Waals surface area contributed by atoms with Gasteiger partial charge in [-0.2, -0.15) is 0 Å². The van der Waals surface area contributed by atoms with Gasteiger partial charge in [0, 0.05) is 45.5 Å². The predicted molar refractivity (Wildman–Crippen MR) is 87.0 cm³/mol. The van der Waals surface area contributed by atoms with Crippen LogP contribution in [0.1, 0.15) is 23.7 Å². The Labute approximate surface area is 131 Å². The van der Waals surface area contributed by atoms with Crippen molar-refractivity contribution in [3.05, 3.63) is 23.9 Å². The van der Waals surface area contributed by atoms with Gasteiger partial charge in [-0.1, -0.05) is 6.92 Å². The molecule has 1 amide bonds. The second-order valence-corrected chi connectivity index (χ2v) is 6.74. The van der Waals surface area contributed by atoms with E-state index in [0.717, 1.165) is 51.6 Å². The first-order valence-corrected chi connectivity index (χ1v) is 8.00. The van der Waals surface area contributed by atoms with Crippen LogP contribution in [0.4, 0.5) is 5.82 Å². The number of aromatic nitrogens is 1. The Balaban J connectivity index is 1.61. The molecule has 0 spiro atoms. The summed E-state index contributed by atoms with van der Waals surface area (Å²) in [5.74, 6) is 0.318. The summed E-state index contributed by atoms with van der Waals surface area (Å²) in [6.07, 6.45) is 2.97. The number of piperazine rings is 1. The van der Waals surface area contributed by atoms with Crippen LogP contribution in [0.5, 0.6) is 0 Å². The Morgan fingerprint density at radius 1 is 1.41 bits per heavy atom. The lowest BCUT2D eigenvalue weighted by Crippen LogP contribution is -2.50. The molecular formula is C16H25N5O. The molecule has 2 aliphatic rings. The average molecular weight is 303 g/mol. The largest absolute Gasteiger partial charge is 0.365 e. The van der Waals surface area contributed by atoms with E-state index in [2.05, 4.69) is 27.0 Å². The normalized spacial score (nSPS) is 26.3. The SMILES string of the molecule is CC1(CN2CCN(c3ncccc3C(N)=O)CC2)CCNC1. The van der Waals surface area contributed by atoms with Crippen LogP contribution in [-0.2, 0) is 0 Å². The van der Waals surface area contributed by atoms with Crippen molar-refractivity contribution in [2.45, 2.75) is 13.3 Å². The fraction of sp³-hybridized carbons (Fsp3) is 0.625. The number of amides is 1. The number of carbonyl (C=O) groups excluding carboxylic acids is 1. The van der Waals surface area contributed by atoms with Crippen molar-refractivity contribution < 1.29 is 4.79 Å². The maximum Gasteiger partial charge on any atom is 0.252 e. The molecule has 1 aromatic rings. The van der Waals surface area contributed by atoms with Crippen LogP contribution in [0.3, 0.4) is 0 Å². The lowest BCUT2D eigenvalue weighted by molar-refractivity contribution is 0.1000. The first kappa shape index (κ1) is 15.2. The molecule has 120 valence electrons. The smallest absolute Gasteiger partial charge is 0.252 e. The number of carbonyl (C=O) groups is 1. The highest BCUT2D eigenvalue weighted by Gasteiger charge is 2.32. The number of nitrogens with one attached hydrogen (secondary N) is 1. The molecule has 0 radical (unpaired) electrons. The lowest BCUT2D eigenvalue weighted by atomic mass is 9.89. The van der Waals surface area contributed by atoms with Crippen molar-refractivity contribution in [3.63, 3.8) is 0 Å². The molecule has 2 aliphatic heterocycles. The van der Waals surface area contributed by atoms with Gasteiger partial charge in [0.15, 0.2) is 0 Å². The molecule has 0 saturated carbocycles. The van der Waals surface area contributed by atoms with Gasteiger partial charge < -0.3 is 16.0 Å². The van der Waals surface area contributed by atoms with Crippen molar-refractivity contribution in [2.24, 2.45) is 11.1 Å². The molecule has 6 nitrogen and oxygen atoms in total. The summed E-state index contributed by atoms with van der Waals surface area (Å²) < 4.78 is 0. The van der Waals surface area contributed by atoms with Crippen molar-refractivity contribution in [3.8, 4) is 0 Å². The summed E-state index contributed by atoms with van der Waals surface area (Å²) in [4.78, 5) is 20.6. The van der Waals surface area contributed by atoms with Gasteiger partial charge in [-0.15, -0.1) is 0 Å². The fourth-order valence-corrected chi connectivity index (χ4v) is 3.50. The molecule has 2 fully saturated rings. The van der Waals surface area contributed by atoms with Gasteiger partial charge in [0.2, 0.25) is 0 Å². The van der Waals surface area contributed by atoms with Crippen molar-refractivity contribution >= 4 is 11.7 Å². The number of hydrogen-bond acceptors (Lipinski definition) is 5. The first-order valence-electron chi connectivity index (χ1n) is 8.00. The molecule has 6 heteroatoms. The maximum atomic E-state index is 11.5. The van der Waals surface area contributed by atoms with Gasteiger partial charge in [0.1, 0.15) is 5.82 Å². The summed E-state index contributed by atoms with van der Waals surface area (Å²) in [6, 6.07) is 3.51. The lowest BCUT2D eigenvalue weighted by Gasteiger charge is -2.39. The number of anilines is 1. The number of primary amides is 1. The fourth-order valence-electron chi connectivity index (χ4n) is 3.50. The van der Waals surface area contributed by atoms with Crippen molar-refractivity contribution in [2.75, 3.05) is 50.7 Å². The number of hydrogen-bond donors (Lipinski definition) is 2. The van der Waals surface area contributed by atoms with Gasteiger partial charge in [-0.25, -0.2) is 4.98 Å². The number of nitrogens with two attached hydrogens (primary N) is 1. The number of pyridine rings is 1. The molecule has 22 heavy (non-hydrogen) atoms. The molecule has 3 N–H and O–H groups in total. The molecule has 2 saturated heterocycles. The minimum atomic E-state index is -0.407. The number of nitrogens with zero attached hydrogens (tertiary/aromatic N) is 3. The Hall–Kier alpha value is -1.66. The van der Waals surface area contributed by atoms with E-state index < -0.39 is 5.91 Å². The third-order valence-electron chi connectivity index (χ3n) is 4.79. The van der Waals surface area contributed by atoms with E-state index in [4.69, 9.17) is 5.73 Å². The highest BCUT2D eigenvalue weighted by Crippen LogP contribution is 2.27. The van der Waals surface area contributed by atoms with Crippen molar-refractivity contribution in [1.82, 2.24) is 15.2 Å². The predicted octanol–water partition coefficient (Wildman–Crippen LogP) is 0.302.